The number of likely N-dealkylation sites (tertiary alicyclic amines) is 1. The van der Waals surface area contributed by atoms with Crippen molar-refractivity contribution in [3.63, 3.8) is 0 Å². The van der Waals surface area contributed by atoms with Gasteiger partial charge in [-0.05, 0) is 12.8 Å². The minimum Gasteiger partial charge on any atom is -0.480 e. The molecule has 90 valence electrons. The molecule has 2 amide bonds. The summed E-state index contributed by atoms with van der Waals surface area (Å²) in [6.07, 6.45) is -0.588. The monoisotopic (exact) mass is 230 g/mol. The van der Waals surface area contributed by atoms with Crippen molar-refractivity contribution in [1.82, 2.24) is 10.2 Å². The summed E-state index contributed by atoms with van der Waals surface area (Å²) in [6.45, 7) is 1.36. The van der Waals surface area contributed by atoms with Crippen LogP contribution in [-0.2, 0) is 9.59 Å². The molecule has 1 rings (SSSR count). The molecule has 1 heterocycles. The third-order valence-corrected chi connectivity index (χ3v) is 2.52. The molecule has 0 aliphatic carbocycles. The zero-order valence-electron chi connectivity index (χ0n) is 8.84. The Kier molecular flexibility index (Phi) is 3.70. The van der Waals surface area contributed by atoms with Gasteiger partial charge < -0.3 is 15.5 Å². The number of amides is 2. The first-order valence-electron chi connectivity index (χ1n) is 4.91. The van der Waals surface area contributed by atoms with E-state index in [1.165, 1.54) is 6.92 Å². The Morgan fingerprint density at radius 1 is 1.25 bits per heavy atom. The standard InChI is InChI=1S/C9H14N2O5/c1-5(12)10-6-2-3-7(8(13)14)11(4-6)9(15)16/h6-7H,2-4H2,1H3,(H,10,12)(H,13,14)(H,15,16)/t6-,7+/m1/s1. The number of carboxylic acids is 1. The van der Waals surface area contributed by atoms with Crippen molar-refractivity contribution in [2.24, 2.45) is 0 Å². The highest BCUT2D eigenvalue weighted by Crippen LogP contribution is 2.17. The molecule has 2 atom stereocenters. The largest absolute Gasteiger partial charge is 0.480 e. The molecular formula is C9H14N2O5. The van der Waals surface area contributed by atoms with E-state index < -0.39 is 18.1 Å². The van der Waals surface area contributed by atoms with Gasteiger partial charge in [0, 0.05) is 19.5 Å². The van der Waals surface area contributed by atoms with Crippen molar-refractivity contribution in [2.75, 3.05) is 6.54 Å². The predicted octanol–water partition coefficient (Wildman–Crippen LogP) is -0.282. The zero-order valence-corrected chi connectivity index (χ0v) is 8.84. The van der Waals surface area contributed by atoms with Crippen molar-refractivity contribution in [2.45, 2.75) is 31.8 Å². The molecule has 0 bridgehead atoms. The van der Waals surface area contributed by atoms with E-state index in [1.54, 1.807) is 0 Å². The highest BCUT2D eigenvalue weighted by molar-refractivity contribution is 5.80. The van der Waals surface area contributed by atoms with Gasteiger partial charge in [0.2, 0.25) is 5.91 Å². The molecule has 0 unspecified atom stereocenters. The van der Waals surface area contributed by atoms with Crippen molar-refractivity contribution in [3.8, 4) is 0 Å². The second kappa shape index (κ2) is 4.82. The number of piperidine rings is 1. The molecule has 1 aliphatic heterocycles. The van der Waals surface area contributed by atoms with Crippen LogP contribution in [-0.4, -0.2) is 51.7 Å². The Morgan fingerprint density at radius 3 is 2.31 bits per heavy atom. The van der Waals surface area contributed by atoms with Gasteiger partial charge in [-0.3, -0.25) is 9.69 Å². The van der Waals surface area contributed by atoms with Crippen LogP contribution < -0.4 is 5.32 Å². The lowest BCUT2D eigenvalue weighted by molar-refractivity contribution is -0.144. The quantitative estimate of drug-likeness (QED) is 0.604. The fourth-order valence-electron chi connectivity index (χ4n) is 1.84. The highest BCUT2D eigenvalue weighted by atomic mass is 16.4. The fourth-order valence-corrected chi connectivity index (χ4v) is 1.84. The van der Waals surface area contributed by atoms with E-state index in [-0.39, 0.29) is 24.9 Å². The maximum absolute atomic E-state index is 10.9. The molecule has 1 saturated heterocycles. The predicted molar refractivity (Wildman–Crippen MR) is 53.0 cm³/mol. The number of hydrogen-bond acceptors (Lipinski definition) is 3. The number of aliphatic carboxylic acids is 1. The van der Waals surface area contributed by atoms with Crippen molar-refractivity contribution >= 4 is 18.0 Å². The molecule has 0 saturated carbocycles. The van der Waals surface area contributed by atoms with Gasteiger partial charge in [-0.1, -0.05) is 0 Å². The second-order valence-corrected chi connectivity index (χ2v) is 3.76. The van der Waals surface area contributed by atoms with Gasteiger partial charge in [0.15, 0.2) is 0 Å². The lowest BCUT2D eigenvalue weighted by Crippen LogP contribution is -2.55. The van der Waals surface area contributed by atoms with Crippen LogP contribution in [0.1, 0.15) is 19.8 Å². The van der Waals surface area contributed by atoms with Gasteiger partial charge in [-0.2, -0.15) is 0 Å². The Morgan fingerprint density at radius 2 is 1.88 bits per heavy atom. The number of carboxylic acid groups (broad SMARTS) is 2. The van der Waals surface area contributed by atoms with Gasteiger partial charge >= 0.3 is 12.1 Å². The molecule has 0 radical (unpaired) electrons. The van der Waals surface area contributed by atoms with E-state index in [0.717, 1.165) is 4.90 Å². The molecule has 0 aromatic carbocycles. The van der Waals surface area contributed by atoms with Crippen LogP contribution in [0.15, 0.2) is 0 Å². The summed E-state index contributed by atoms with van der Waals surface area (Å²) in [4.78, 5) is 33.3. The van der Waals surface area contributed by atoms with Crippen molar-refractivity contribution in [1.29, 1.82) is 0 Å². The SMILES string of the molecule is CC(=O)N[C@@H]1CC[C@@H](C(=O)O)N(C(=O)O)C1. The maximum atomic E-state index is 10.9. The summed E-state index contributed by atoms with van der Waals surface area (Å²) in [5.74, 6) is -1.40. The zero-order chi connectivity index (χ0) is 12.3. The molecule has 1 aliphatic rings. The Bertz CT molecular complexity index is 317. The topological polar surface area (TPSA) is 107 Å². The van der Waals surface area contributed by atoms with Crippen LogP contribution >= 0.6 is 0 Å². The Labute approximate surface area is 92.0 Å². The summed E-state index contributed by atoms with van der Waals surface area (Å²) in [5.41, 5.74) is 0. The van der Waals surface area contributed by atoms with Gasteiger partial charge in [-0.15, -0.1) is 0 Å². The van der Waals surface area contributed by atoms with Crippen LogP contribution in [0.5, 0.6) is 0 Å². The second-order valence-electron chi connectivity index (χ2n) is 3.76. The first kappa shape index (κ1) is 12.3. The molecule has 0 spiro atoms. The number of rotatable bonds is 2. The minimum absolute atomic E-state index is 0.0197. The maximum Gasteiger partial charge on any atom is 0.408 e. The average molecular weight is 230 g/mol. The van der Waals surface area contributed by atoms with Crippen LogP contribution in [0, 0.1) is 0 Å². The van der Waals surface area contributed by atoms with Gasteiger partial charge in [0.25, 0.3) is 0 Å². The third-order valence-electron chi connectivity index (χ3n) is 2.52. The fraction of sp³-hybridized carbons (Fsp3) is 0.667. The van der Waals surface area contributed by atoms with E-state index in [1.807, 2.05) is 0 Å². The number of carbonyl (C=O) groups excluding carboxylic acids is 1. The number of carbonyl (C=O) groups is 3. The van der Waals surface area contributed by atoms with Gasteiger partial charge in [0.05, 0.1) is 0 Å². The van der Waals surface area contributed by atoms with Crippen LogP contribution in [0.25, 0.3) is 0 Å². The smallest absolute Gasteiger partial charge is 0.408 e. The molecule has 1 fully saturated rings. The van der Waals surface area contributed by atoms with Crippen LogP contribution in [0.2, 0.25) is 0 Å². The lowest BCUT2D eigenvalue weighted by Gasteiger charge is -2.35. The van der Waals surface area contributed by atoms with Crippen molar-refractivity contribution in [3.05, 3.63) is 0 Å². The number of hydrogen-bond donors (Lipinski definition) is 3. The lowest BCUT2D eigenvalue weighted by atomic mass is 9.98. The van der Waals surface area contributed by atoms with Gasteiger partial charge in [0.1, 0.15) is 6.04 Å². The number of nitrogens with zero attached hydrogens (tertiary/aromatic N) is 1. The third kappa shape index (κ3) is 2.85. The molecular weight excluding hydrogens is 216 g/mol. The molecule has 16 heavy (non-hydrogen) atoms. The molecule has 7 nitrogen and oxygen atoms in total. The van der Waals surface area contributed by atoms with E-state index >= 15 is 0 Å². The summed E-state index contributed by atoms with van der Waals surface area (Å²) in [7, 11) is 0. The van der Waals surface area contributed by atoms with E-state index in [0.29, 0.717) is 6.42 Å². The highest BCUT2D eigenvalue weighted by Gasteiger charge is 2.36. The summed E-state index contributed by atoms with van der Waals surface area (Å²) >= 11 is 0. The number of nitrogens with one attached hydrogen (secondary N) is 1. The normalized spacial score (nSPS) is 24.9. The summed E-state index contributed by atoms with van der Waals surface area (Å²) < 4.78 is 0. The van der Waals surface area contributed by atoms with Crippen LogP contribution in [0.3, 0.4) is 0 Å². The van der Waals surface area contributed by atoms with Gasteiger partial charge in [-0.25, -0.2) is 9.59 Å². The summed E-state index contributed by atoms with van der Waals surface area (Å²) in [5, 5.41) is 20.3. The molecule has 0 aromatic heterocycles. The first-order chi connectivity index (χ1) is 7.41. The molecule has 7 heteroatoms. The van der Waals surface area contributed by atoms with Crippen molar-refractivity contribution < 1.29 is 24.6 Å². The average Bonchev–Trinajstić information content (AvgIpc) is 2.16. The Balaban J connectivity index is 2.68. The van der Waals surface area contributed by atoms with E-state index in [2.05, 4.69) is 5.32 Å². The van der Waals surface area contributed by atoms with Crippen LogP contribution in [0.4, 0.5) is 4.79 Å². The molecule has 0 aromatic rings. The van der Waals surface area contributed by atoms with E-state index in [9.17, 15) is 14.4 Å². The first-order valence-corrected chi connectivity index (χ1v) is 4.91. The summed E-state index contributed by atoms with van der Waals surface area (Å²) in [6, 6.07) is -1.31. The minimum atomic E-state index is -1.28. The van der Waals surface area contributed by atoms with E-state index in [4.69, 9.17) is 10.2 Å². The Hall–Kier alpha value is -1.79. The molecule has 3 N–H and O–H groups in total.